The standard InChI is InChI=1S/C14H19N3O/c1-4-10-6-8-11(9-7-10)12-16-13(18-17-12)14(3,15)5-2/h6-9H,4-5,15H2,1-3H3. The van der Waals surface area contributed by atoms with Gasteiger partial charge in [-0.15, -0.1) is 0 Å². The van der Waals surface area contributed by atoms with Gasteiger partial charge >= 0.3 is 0 Å². The fraction of sp³-hybridized carbons (Fsp3) is 0.429. The molecule has 4 nitrogen and oxygen atoms in total. The number of hydrogen-bond donors (Lipinski definition) is 1. The number of benzene rings is 1. The van der Waals surface area contributed by atoms with E-state index >= 15 is 0 Å². The SMILES string of the molecule is CCc1ccc(-c2noc(C(C)(N)CC)n2)cc1. The summed E-state index contributed by atoms with van der Waals surface area (Å²) in [7, 11) is 0. The second kappa shape index (κ2) is 4.90. The van der Waals surface area contributed by atoms with E-state index in [0.717, 1.165) is 18.4 Å². The van der Waals surface area contributed by atoms with Crippen molar-refractivity contribution >= 4 is 0 Å². The van der Waals surface area contributed by atoms with Crippen LogP contribution in [0.2, 0.25) is 0 Å². The van der Waals surface area contributed by atoms with E-state index in [9.17, 15) is 0 Å². The van der Waals surface area contributed by atoms with Gasteiger partial charge in [-0.25, -0.2) is 0 Å². The van der Waals surface area contributed by atoms with Crippen molar-refractivity contribution in [3.63, 3.8) is 0 Å². The zero-order valence-corrected chi connectivity index (χ0v) is 11.1. The van der Waals surface area contributed by atoms with E-state index < -0.39 is 5.54 Å². The van der Waals surface area contributed by atoms with E-state index in [1.54, 1.807) is 0 Å². The third-order valence-electron chi connectivity index (χ3n) is 3.27. The molecule has 0 amide bonds. The summed E-state index contributed by atoms with van der Waals surface area (Å²) in [6.07, 6.45) is 1.78. The second-order valence-corrected chi connectivity index (χ2v) is 4.74. The fourth-order valence-corrected chi connectivity index (χ4v) is 1.61. The second-order valence-electron chi connectivity index (χ2n) is 4.74. The summed E-state index contributed by atoms with van der Waals surface area (Å²) in [5, 5.41) is 3.99. The van der Waals surface area contributed by atoms with E-state index in [0.29, 0.717) is 11.7 Å². The molecular formula is C14H19N3O. The molecule has 2 aromatic rings. The summed E-state index contributed by atoms with van der Waals surface area (Å²) < 4.78 is 5.25. The summed E-state index contributed by atoms with van der Waals surface area (Å²) in [6.45, 7) is 6.02. The van der Waals surface area contributed by atoms with Crippen molar-refractivity contribution in [3.8, 4) is 11.4 Å². The van der Waals surface area contributed by atoms with Crippen LogP contribution in [0.5, 0.6) is 0 Å². The molecule has 0 aliphatic heterocycles. The van der Waals surface area contributed by atoms with Crippen LogP contribution in [0.15, 0.2) is 28.8 Å². The Balaban J connectivity index is 2.29. The molecule has 0 spiro atoms. The van der Waals surface area contributed by atoms with Gasteiger partial charge in [0.15, 0.2) is 0 Å². The molecule has 2 rings (SSSR count). The zero-order valence-electron chi connectivity index (χ0n) is 11.1. The van der Waals surface area contributed by atoms with Crippen LogP contribution in [-0.4, -0.2) is 10.1 Å². The minimum Gasteiger partial charge on any atom is -0.337 e. The Labute approximate surface area is 107 Å². The third kappa shape index (κ3) is 2.43. The molecule has 1 aromatic heterocycles. The quantitative estimate of drug-likeness (QED) is 0.899. The van der Waals surface area contributed by atoms with E-state index in [4.69, 9.17) is 10.3 Å². The first-order chi connectivity index (χ1) is 8.56. The molecule has 0 saturated heterocycles. The van der Waals surface area contributed by atoms with Crippen LogP contribution >= 0.6 is 0 Å². The monoisotopic (exact) mass is 245 g/mol. The Bertz CT molecular complexity index is 514. The van der Waals surface area contributed by atoms with Gasteiger partial charge in [0.05, 0.1) is 5.54 Å². The van der Waals surface area contributed by atoms with Crippen molar-refractivity contribution in [3.05, 3.63) is 35.7 Å². The molecule has 18 heavy (non-hydrogen) atoms. The molecule has 0 aliphatic rings. The molecule has 0 bridgehead atoms. The molecular weight excluding hydrogens is 226 g/mol. The van der Waals surface area contributed by atoms with Gasteiger partial charge in [-0.3, -0.25) is 0 Å². The number of rotatable bonds is 4. The molecule has 1 aromatic carbocycles. The predicted octanol–water partition coefficient (Wildman–Crippen LogP) is 2.88. The van der Waals surface area contributed by atoms with Gasteiger partial charge in [0.2, 0.25) is 11.7 Å². The number of aromatic nitrogens is 2. The maximum absolute atomic E-state index is 6.08. The maximum Gasteiger partial charge on any atom is 0.246 e. The van der Waals surface area contributed by atoms with Gasteiger partial charge < -0.3 is 10.3 Å². The predicted molar refractivity (Wildman–Crippen MR) is 70.9 cm³/mol. The van der Waals surface area contributed by atoms with Gasteiger partial charge in [0.25, 0.3) is 0 Å². The van der Waals surface area contributed by atoms with E-state index in [1.807, 2.05) is 26.0 Å². The molecule has 4 heteroatoms. The highest BCUT2D eigenvalue weighted by atomic mass is 16.5. The Morgan fingerprint density at radius 1 is 1.22 bits per heavy atom. The smallest absolute Gasteiger partial charge is 0.246 e. The molecule has 1 unspecified atom stereocenters. The summed E-state index contributed by atoms with van der Waals surface area (Å²) in [4.78, 5) is 4.38. The molecule has 96 valence electrons. The van der Waals surface area contributed by atoms with Crippen LogP contribution in [0.25, 0.3) is 11.4 Å². The first-order valence-electron chi connectivity index (χ1n) is 6.29. The largest absolute Gasteiger partial charge is 0.337 e. The molecule has 1 heterocycles. The maximum atomic E-state index is 6.08. The van der Waals surface area contributed by atoms with Gasteiger partial charge in [0.1, 0.15) is 0 Å². The lowest BCUT2D eigenvalue weighted by Gasteiger charge is -2.16. The topological polar surface area (TPSA) is 64.9 Å². The third-order valence-corrected chi connectivity index (χ3v) is 3.27. The Morgan fingerprint density at radius 3 is 2.44 bits per heavy atom. The van der Waals surface area contributed by atoms with Crippen molar-refractivity contribution in [2.45, 2.75) is 39.2 Å². The van der Waals surface area contributed by atoms with Crippen LogP contribution in [0.3, 0.4) is 0 Å². The summed E-state index contributed by atoms with van der Waals surface area (Å²) >= 11 is 0. The molecule has 0 saturated carbocycles. The number of nitrogens with two attached hydrogens (primary N) is 1. The van der Waals surface area contributed by atoms with Gasteiger partial charge in [-0.2, -0.15) is 4.98 Å². The molecule has 1 atom stereocenters. The van der Waals surface area contributed by atoms with Gasteiger partial charge in [0, 0.05) is 5.56 Å². The van der Waals surface area contributed by atoms with Crippen molar-refractivity contribution in [2.75, 3.05) is 0 Å². The Hall–Kier alpha value is -1.68. The first-order valence-corrected chi connectivity index (χ1v) is 6.29. The van der Waals surface area contributed by atoms with Crippen molar-refractivity contribution < 1.29 is 4.52 Å². The lowest BCUT2D eigenvalue weighted by atomic mass is 10.0. The first kappa shape index (κ1) is 12.8. The minimum atomic E-state index is -0.561. The minimum absolute atomic E-state index is 0.486. The Kier molecular flexibility index (Phi) is 3.48. The summed E-state index contributed by atoms with van der Waals surface area (Å²) in [6, 6.07) is 8.17. The highest BCUT2D eigenvalue weighted by Crippen LogP contribution is 2.23. The summed E-state index contributed by atoms with van der Waals surface area (Å²) in [5.74, 6) is 1.08. The lowest BCUT2D eigenvalue weighted by molar-refractivity contribution is 0.291. The van der Waals surface area contributed by atoms with Crippen molar-refractivity contribution in [1.29, 1.82) is 0 Å². The van der Waals surface area contributed by atoms with E-state index in [2.05, 4.69) is 29.2 Å². The van der Waals surface area contributed by atoms with Crippen LogP contribution < -0.4 is 5.73 Å². The highest BCUT2D eigenvalue weighted by Gasteiger charge is 2.26. The highest BCUT2D eigenvalue weighted by molar-refractivity contribution is 5.54. The lowest BCUT2D eigenvalue weighted by Crippen LogP contribution is -2.32. The van der Waals surface area contributed by atoms with Crippen LogP contribution in [0.4, 0.5) is 0 Å². The van der Waals surface area contributed by atoms with E-state index in [-0.39, 0.29) is 0 Å². The molecule has 0 radical (unpaired) electrons. The van der Waals surface area contributed by atoms with Crippen molar-refractivity contribution in [2.24, 2.45) is 5.73 Å². The number of nitrogens with zero attached hydrogens (tertiary/aromatic N) is 2. The average molecular weight is 245 g/mol. The van der Waals surface area contributed by atoms with Gasteiger partial charge in [-0.1, -0.05) is 43.3 Å². The van der Waals surface area contributed by atoms with Crippen molar-refractivity contribution in [1.82, 2.24) is 10.1 Å². The Morgan fingerprint density at radius 2 is 1.89 bits per heavy atom. The molecule has 0 fully saturated rings. The van der Waals surface area contributed by atoms with Crippen LogP contribution in [0.1, 0.15) is 38.6 Å². The molecule has 2 N–H and O–H groups in total. The fourth-order valence-electron chi connectivity index (χ4n) is 1.61. The number of hydrogen-bond acceptors (Lipinski definition) is 4. The van der Waals surface area contributed by atoms with E-state index in [1.165, 1.54) is 5.56 Å². The van der Waals surface area contributed by atoms with Crippen LogP contribution in [0, 0.1) is 0 Å². The summed E-state index contributed by atoms with van der Waals surface area (Å²) in [5.41, 5.74) is 7.76. The average Bonchev–Trinajstić information content (AvgIpc) is 2.89. The van der Waals surface area contributed by atoms with Gasteiger partial charge in [-0.05, 0) is 25.3 Å². The number of aryl methyl sites for hydroxylation is 1. The van der Waals surface area contributed by atoms with Crippen LogP contribution in [-0.2, 0) is 12.0 Å². The zero-order chi connectivity index (χ0) is 13.2. The molecule has 0 aliphatic carbocycles. The normalized spacial score (nSPS) is 14.4.